The number of phenolic OH excluding ortho intramolecular Hbond substituents is 1. The molecule has 3 aromatic carbocycles. The van der Waals surface area contributed by atoms with Gasteiger partial charge in [-0.3, -0.25) is 4.99 Å². The second kappa shape index (κ2) is 9.01. The molecule has 3 aromatic rings. The maximum absolute atomic E-state index is 10.3. The molecule has 1 aliphatic carbocycles. The van der Waals surface area contributed by atoms with Crippen LogP contribution in [0.25, 0.3) is 28.1 Å². The highest BCUT2D eigenvalue weighted by molar-refractivity contribution is 6.32. The lowest BCUT2D eigenvalue weighted by Crippen LogP contribution is -2.16. The molecule has 0 saturated carbocycles. The fourth-order valence-corrected chi connectivity index (χ4v) is 4.18. The predicted molar refractivity (Wildman–Crippen MR) is 140 cm³/mol. The highest BCUT2D eigenvalue weighted by Gasteiger charge is 2.17. The standard InChI is InChI=1S/C27H22Cl2N4O/c1-16(2)30-23-15-26-24(14-22(23)31-18-9-7-17(28)8-10-18)32-21-5-3-4-6-25(21)33(26)19-11-12-20(29)27(34)13-19/h3-16,31,34H,1-2H3. The van der Waals surface area contributed by atoms with Crippen LogP contribution in [0.1, 0.15) is 13.8 Å². The smallest absolute Gasteiger partial charge is 0.136 e. The number of aromatic hydroxyl groups is 1. The van der Waals surface area contributed by atoms with Gasteiger partial charge in [0.05, 0.1) is 44.2 Å². The minimum atomic E-state index is 0.0221. The van der Waals surface area contributed by atoms with E-state index < -0.39 is 0 Å². The number of nitrogens with one attached hydrogen (secondary N) is 1. The molecule has 0 fully saturated rings. The zero-order chi connectivity index (χ0) is 23.8. The molecule has 0 saturated heterocycles. The lowest BCUT2D eigenvalue weighted by atomic mass is 10.1. The van der Waals surface area contributed by atoms with Crippen molar-refractivity contribution in [2.75, 3.05) is 5.32 Å². The molecule has 2 aliphatic rings. The predicted octanol–water partition coefficient (Wildman–Crippen LogP) is 7.20. The first kappa shape index (κ1) is 22.3. The van der Waals surface area contributed by atoms with Crippen LogP contribution in [-0.4, -0.2) is 20.7 Å². The summed E-state index contributed by atoms with van der Waals surface area (Å²) in [6.45, 7) is 4.08. The summed E-state index contributed by atoms with van der Waals surface area (Å²) in [6.07, 6.45) is 0. The normalized spacial score (nSPS) is 12.1. The van der Waals surface area contributed by atoms with Crippen molar-refractivity contribution >= 4 is 45.6 Å². The summed E-state index contributed by atoms with van der Waals surface area (Å²) < 4.78 is 2.07. The van der Waals surface area contributed by atoms with Crippen molar-refractivity contribution in [2.45, 2.75) is 19.9 Å². The third kappa shape index (κ3) is 4.32. The summed E-state index contributed by atoms with van der Waals surface area (Å²) in [5.41, 5.74) is 5.91. The van der Waals surface area contributed by atoms with E-state index in [1.54, 1.807) is 12.1 Å². The molecule has 0 atom stereocenters. The van der Waals surface area contributed by atoms with Gasteiger partial charge >= 0.3 is 0 Å². The molecule has 0 bridgehead atoms. The molecule has 0 radical (unpaired) electrons. The first-order valence-corrected chi connectivity index (χ1v) is 11.7. The molecular formula is C27H22Cl2N4O. The number of rotatable bonds is 4. The average Bonchev–Trinajstić information content (AvgIpc) is 2.81. The van der Waals surface area contributed by atoms with Crippen molar-refractivity contribution in [3.8, 4) is 22.8 Å². The quantitative estimate of drug-likeness (QED) is 0.263. The van der Waals surface area contributed by atoms with Gasteiger partial charge in [0.25, 0.3) is 0 Å². The van der Waals surface area contributed by atoms with Crippen LogP contribution in [0.4, 0.5) is 11.4 Å². The van der Waals surface area contributed by atoms with E-state index in [4.69, 9.17) is 33.2 Å². The summed E-state index contributed by atoms with van der Waals surface area (Å²) in [4.78, 5) is 9.80. The van der Waals surface area contributed by atoms with Gasteiger partial charge in [-0.2, -0.15) is 0 Å². The number of phenols is 1. The molecule has 1 aliphatic heterocycles. The SMILES string of the molecule is CC(C)N=c1cc2n(-c3ccc(Cl)c(O)c3)c3ccccc3nc-2cc1Nc1ccc(Cl)cc1. The maximum Gasteiger partial charge on any atom is 0.136 e. The van der Waals surface area contributed by atoms with Gasteiger partial charge < -0.3 is 15.0 Å². The second-order valence-corrected chi connectivity index (χ2v) is 9.13. The summed E-state index contributed by atoms with van der Waals surface area (Å²) in [5.74, 6) is 0.0221. The Morgan fingerprint density at radius 3 is 2.44 bits per heavy atom. The summed E-state index contributed by atoms with van der Waals surface area (Å²) >= 11 is 12.2. The molecule has 34 heavy (non-hydrogen) atoms. The Balaban J connectivity index is 1.82. The highest BCUT2D eigenvalue weighted by atomic mass is 35.5. The summed E-state index contributed by atoms with van der Waals surface area (Å²) in [5, 5.41) is 15.6. The number of para-hydroxylation sites is 2. The zero-order valence-corrected chi connectivity index (χ0v) is 20.1. The van der Waals surface area contributed by atoms with Crippen molar-refractivity contribution in [2.24, 2.45) is 4.99 Å². The summed E-state index contributed by atoms with van der Waals surface area (Å²) in [7, 11) is 0. The Morgan fingerprint density at radius 1 is 0.941 bits per heavy atom. The first-order valence-electron chi connectivity index (χ1n) is 10.9. The van der Waals surface area contributed by atoms with E-state index in [9.17, 15) is 5.11 Å². The van der Waals surface area contributed by atoms with E-state index in [0.29, 0.717) is 10.0 Å². The van der Waals surface area contributed by atoms with Crippen LogP contribution < -0.4 is 10.7 Å². The second-order valence-electron chi connectivity index (χ2n) is 8.28. The van der Waals surface area contributed by atoms with Gasteiger partial charge in [0.1, 0.15) is 5.75 Å². The van der Waals surface area contributed by atoms with Gasteiger partial charge in [-0.1, -0.05) is 35.3 Å². The van der Waals surface area contributed by atoms with Crippen LogP contribution >= 0.6 is 23.2 Å². The molecule has 5 nitrogen and oxygen atoms in total. The van der Waals surface area contributed by atoms with Crippen molar-refractivity contribution in [3.05, 3.63) is 94.3 Å². The number of benzene rings is 4. The number of halogens is 2. The van der Waals surface area contributed by atoms with Crippen molar-refractivity contribution in [3.63, 3.8) is 0 Å². The van der Waals surface area contributed by atoms with E-state index >= 15 is 0 Å². The van der Waals surface area contributed by atoms with Gasteiger partial charge in [0, 0.05) is 22.8 Å². The Kier molecular flexibility index (Phi) is 5.90. The molecule has 170 valence electrons. The fourth-order valence-electron chi connectivity index (χ4n) is 3.93. The Hall–Kier alpha value is -3.54. The average molecular weight is 489 g/mol. The van der Waals surface area contributed by atoms with Crippen LogP contribution in [0.15, 0.2) is 83.9 Å². The fraction of sp³-hybridized carbons (Fsp3) is 0.111. The molecule has 5 rings (SSSR count). The molecule has 0 aromatic heterocycles. The molecule has 0 spiro atoms. The highest BCUT2D eigenvalue weighted by Crippen LogP contribution is 2.33. The number of anilines is 2. The monoisotopic (exact) mass is 488 g/mol. The molecule has 2 N–H and O–H groups in total. The van der Waals surface area contributed by atoms with Gasteiger partial charge in [-0.05, 0) is 74.5 Å². The van der Waals surface area contributed by atoms with Crippen molar-refractivity contribution in [1.82, 2.24) is 9.55 Å². The van der Waals surface area contributed by atoms with E-state index in [1.807, 2.05) is 80.6 Å². The molecule has 0 amide bonds. The van der Waals surface area contributed by atoms with Crippen LogP contribution in [-0.2, 0) is 0 Å². The topological polar surface area (TPSA) is 62.4 Å². The maximum atomic E-state index is 10.3. The van der Waals surface area contributed by atoms with Crippen LogP contribution in [0, 0.1) is 0 Å². The van der Waals surface area contributed by atoms with Crippen LogP contribution in [0.3, 0.4) is 0 Å². The lowest BCUT2D eigenvalue weighted by Gasteiger charge is -2.20. The number of aromatic nitrogens is 2. The number of nitrogens with zero attached hydrogens (tertiary/aromatic N) is 3. The minimum Gasteiger partial charge on any atom is -0.506 e. The first-order chi connectivity index (χ1) is 16.4. The Labute approximate surface area is 207 Å². The van der Waals surface area contributed by atoms with Crippen LogP contribution in [0.2, 0.25) is 10.0 Å². The number of fused-ring (bicyclic) bond motifs is 2. The van der Waals surface area contributed by atoms with Crippen molar-refractivity contribution < 1.29 is 5.11 Å². The van der Waals surface area contributed by atoms with Crippen LogP contribution in [0.5, 0.6) is 5.75 Å². The largest absolute Gasteiger partial charge is 0.506 e. The zero-order valence-electron chi connectivity index (χ0n) is 18.6. The number of hydrogen-bond acceptors (Lipinski definition) is 4. The lowest BCUT2D eigenvalue weighted by molar-refractivity contribution is 0.475. The van der Waals surface area contributed by atoms with Crippen molar-refractivity contribution in [1.29, 1.82) is 0 Å². The van der Waals surface area contributed by atoms with E-state index in [2.05, 4.69) is 9.88 Å². The Morgan fingerprint density at radius 2 is 1.71 bits per heavy atom. The van der Waals surface area contributed by atoms with E-state index in [0.717, 1.165) is 44.8 Å². The minimum absolute atomic E-state index is 0.0221. The third-order valence-corrected chi connectivity index (χ3v) is 5.98. The Bertz CT molecular complexity index is 1540. The third-order valence-electron chi connectivity index (χ3n) is 5.41. The van der Waals surface area contributed by atoms with E-state index in [-0.39, 0.29) is 11.8 Å². The van der Waals surface area contributed by atoms with Gasteiger partial charge in [0.2, 0.25) is 0 Å². The van der Waals surface area contributed by atoms with Gasteiger partial charge in [-0.25, -0.2) is 4.98 Å². The molecule has 7 heteroatoms. The van der Waals surface area contributed by atoms with Gasteiger partial charge in [-0.15, -0.1) is 0 Å². The molecule has 1 heterocycles. The number of hydrogen-bond donors (Lipinski definition) is 2. The molecule has 0 unspecified atom stereocenters. The molecular weight excluding hydrogens is 467 g/mol. The van der Waals surface area contributed by atoms with Gasteiger partial charge in [0.15, 0.2) is 0 Å². The van der Waals surface area contributed by atoms with E-state index in [1.165, 1.54) is 0 Å². The summed E-state index contributed by atoms with van der Waals surface area (Å²) in [6, 6.07) is 24.8.